The first kappa shape index (κ1) is 14.5. The molecule has 0 aromatic rings. The fourth-order valence-corrected chi connectivity index (χ4v) is 1.87. The van der Waals surface area contributed by atoms with Gasteiger partial charge in [0.05, 0.1) is 0 Å². The summed E-state index contributed by atoms with van der Waals surface area (Å²) in [5, 5.41) is 16.2. The summed E-state index contributed by atoms with van der Waals surface area (Å²) in [4.78, 5) is 11.8. The van der Waals surface area contributed by atoms with Crippen LogP contribution in [0.5, 0.6) is 0 Å². The summed E-state index contributed by atoms with van der Waals surface area (Å²) in [6.07, 6.45) is 2.89. The zero-order chi connectivity index (χ0) is 13.1. The van der Waals surface area contributed by atoms with Gasteiger partial charge in [-0.1, -0.05) is 13.3 Å². The van der Waals surface area contributed by atoms with Crippen molar-refractivity contribution in [1.82, 2.24) is 10.6 Å². The quantitative estimate of drug-likeness (QED) is 0.655. The van der Waals surface area contributed by atoms with Crippen LogP contribution in [0.25, 0.3) is 0 Å². The second kappa shape index (κ2) is 5.83. The number of aliphatic hydroxyl groups is 1. The molecule has 1 fully saturated rings. The van der Waals surface area contributed by atoms with Crippen molar-refractivity contribution in [1.29, 1.82) is 0 Å². The van der Waals surface area contributed by atoms with Crippen LogP contribution in [-0.2, 0) is 4.79 Å². The number of aliphatic hydroxyl groups excluding tert-OH is 1. The molecule has 0 heterocycles. The van der Waals surface area contributed by atoms with Crippen LogP contribution in [0.4, 0.5) is 0 Å². The summed E-state index contributed by atoms with van der Waals surface area (Å²) in [5.41, 5.74) is -0.0966. The van der Waals surface area contributed by atoms with Crippen LogP contribution in [0, 0.1) is 0 Å². The summed E-state index contributed by atoms with van der Waals surface area (Å²) in [7, 11) is 0. The van der Waals surface area contributed by atoms with Crippen LogP contribution in [0.1, 0.15) is 53.4 Å². The molecule has 0 aromatic heterocycles. The van der Waals surface area contributed by atoms with E-state index in [9.17, 15) is 9.90 Å². The summed E-state index contributed by atoms with van der Waals surface area (Å²) >= 11 is 0. The van der Waals surface area contributed by atoms with Gasteiger partial charge in [0.25, 0.3) is 5.91 Å². The molecule has 4 nitrogen and oxygen atoms in total. The third-order valence-corrected chi connectivity index (χ3v) is 2.79. The Labute approximate surface area is 104 Å². The maximum Gasteiger partial charge on any atom is 0.250 e. The van der Waals surface area contributed by atoms with Crippen molar-refractivity contribution < 1.29 is 9.90 Å². The molecule has 1 amide bonds. The van der Waals surface area contributed by atoms with Crippen molar-refractivity contribution >= 4 is 5.91 Å². The number of amides is 1. The Kier molecular flexibility index (Phi) is 4.95. The van der Waals surface area contributed by atoms with Gasteiger partial charge in [-0.15, -0.1) is 0 Å². The molecule has 0 aliphatic heterocycles. The highest BCUT2D eigenvalue weighted by Crippen LogP contribution is 2.19. The highest BCUT2D eigenvalue weighted by atomic mass is 16.3. The van der Waals surface area contributed by atoms with Crippen LogP contribution in [0.2, 0.25) is 0 Å². The van der Waals surface area contributed by atoms with Crippen LogP contribution >= 0.6 is 0 Å². The van der Waals surface area contributed by atoms with Gasteiger partial charge in [0.1, 0.15) is 6.10 Å². The Morgan fingerprint density at radius 2 is 2.00 bits per heavy atom. The summed E-state index contributed by atoms with van der Waals surface area (Å²) in [6, 6.07) is 0.132. The topological polar surface area (TPSA) is 61.4 Å². The van der Waals surface area contributed by atoms with Gasteiger partial charge < -0.3 is 15.7 Å². The molecule has 2 unspecified atom stereocenters. The molecule has 0 radical (unpaired) electrons. The number of rotatable bonds is 6. The lowest BCUT2D eigenvalue weighted by atomic mass is 10.00. The lowest BCUT2D eigenvalue weighted by Gasteiger charge is -2.31. The van der Waals surface area contributed by atoms with Crippen molar-refractivity contribution in [2.75, 3.05) is 0 Å². The molecule has 0 saturated heterocycles. The fourth-order valence-electron chi connectivity index (χ4n) is 1.87. The Balaban J connectivity index is 2.51. The van der Waals surface area contributed by atoms with E-state index in [1.807, 2.05) is 20.8 Å². The molecule has 3 N–H and O–H groups in total. The van der Waals surface area contributed by atoms with E-state index in [2.05, 4.69) is 17.6 Å². The SMILES string of the molecule is CCCC(NC(C)(C)C)C(O)C(=O)NC1CC1. The van der Waals surface area contributed by atoms with E-state index in [0.717, 1.165) is 25.7 Å². The fraction of sp³-hybridized carbons (Fsp3) is 0.923. The number of hydrogen-bond donors (Lipinski definition) is 3. The molecule has 0 bridgehead atoms. The van der Waals surface area contributed by atoms with Crippen molar-refractivity contribution in [2.24, 2.45) is 0 Å². The van der Waals surface area contributed by atoms with Crippen molar-refractivity contribution in [3.05, 3.63) is 0 Å². The zero-order valence-electron chi connectivity index (χ0n) is 11.4. The molecule has 1 aliphatic carbocycles. The second-order valence-corrected chi connectivity index (χ2v) is 6.02. The van der Waals surface area contributed by atoms with E-state index >= 15 is 0 Å². The standard InChI is InChI=1S/C13H26N2O2/c1-5-6-10(15-13(2,3)4)11(16)12(17)14-9-7-8-9/h9-11,15-16H,5-8H2,1-4H3,(H,14,17). The second-order valence-electron chi connectivity index (χ2n) is 6.02. The van der Waals surface area contributed by atoms with Crippen LogP contribution in [0.15, 0.2) is 0 Å². The summed E-state index contributed by atoms with van der Waals surface area (Å²) in [6.45, 7) is 8.19. The predicted molar refractivity (Wildman–Crippen MR) is 68.8 cm³/mol. The third-order valence-electron chi connectivity index (χ3n) is 2.79. The van der Waals surface area contributed by atoms with Crippen molar-refractivity contribution in [2.45, 2.75) is 77.1 Å². The van der Waals surface area contributed by atoms with Gasteiger partial charge in [0.2, 0.25) is 0 Å². The molecule has 0 aromatic carbocycles. The van der Waals surface area contributed by atoms with Gasteiger partial charge in [0.15, 0.2) is 0 Å². The van der Waals surface area contributed by atoms with Crippen LogP contribution in [0.3, 0.4) is 0 Å². The maximum absolute atomic E-state index is 11.8. The predicted octanol–water partition coefficient (Wildman–Crippen LogP) is 1.18. The van der Waals surface area contributed by atoms with E-state index in [4.69, 9.17) is 0 Å². The van der Waals surface area contributed by atoms with Gasteiger partial charge in [-0.3, -0.25) is 4.79 Å². The van der Waals surface area contributed by atoms with E-state index in [0.29, 0.717) is 6.04 Å². The van der Waals surface area contributed by atoms with Crippen molar-refractivity contribution in [3.63, 3.8) is 0 Å². The third kappa shape index (κ3) is 5.50. The monoisotopic (exact) mass is 242 g/mol. The molecule has 100 valence electrons. The number of nitrogens with one attached hydrogen (secondary N) is 2. The molecular weight excluding hydrogens is 216 g/mol. The largest absolute Gasteiger partial charge is 0.382 e. The van der Waals surface area contributed by atoms with Gasteiger partial charge >= 0.3 is 0 Å². The summed E-state index contributed by atoms with van der Waals surface area (Å²) < 4.78 is 0. The van der Waals surface area contributed by atoms with E-state index < -0.39 is 6.10 Å². The molecule has 1 rings (SSSR count). The number of carbonyl (C=O) groups excluding carboxylic acids is 1. The molecular formula is C13H26N2O2. The lowest BCUT2D eigenvalue weighted by molar-refractivity contribution is -0.131. The minimum Gasteiger partial charge on any atom is -0.382 e. The van der Waals surface area contributed by atoms with E-state index in [-0.39, 0.29) is 17.5 Å². The molecule has 4 heteroatoms. The molecule has 2 atom stereocenters. The van der Waals surface area contributed by atoms with Gasteiger partial charge in [0, 0.05) is 17.6 Å². The molecule has 0 spiro atoms. The lowest BCUT2D eigenvalue weighted by Crippen LogP contribution is -2.54. The Morgan fingerprint density at radius 1 is 1.41 bits per heavy atom. The highest BCUT2D eigenvalue weighted by Gasteiger charge is 2.32. The molecule has 1 saturated carbocycles. The van der Waals surface area contributed by atoms with Gasteiger partial charge in [-0.25, -0.2) is 0 Å². The first-order valence-electron chi connectivity index (χ1n) is 6.59. The minimum atomic E-state index is -0.949. The summed E-state index contributed by atoms with van der Waals surface area (Å²) in [5.74, 6) is -0.234. The van der Waals surface area contributed by atoms with Crippen LogP contribution in [-0.4, -0.2) is 34.7 Å². The Hall–Kier alpha value is -0.610. The average molecular weight is 242 g/mol. The zero-order valence-corrected chi connectivity index (χ0v) is 11.4. The van der Waals surface area contributed by atoms with E-state index in [1.165, 1.54) is 0 Å². The van der Waals surface area contributed by atoms with Gasteiger partial charge in [-0.2, -0.15) is 0 Å². The first-order valence-corrected chi connectivity index (χ1v) is 6.59. The van der Waals surface area contributed by atoms with Gasteiger partial charge in [-0.05, 0) is 40.0 Å². The van der Waals surface area contributed by atoms with E-state index in [1.54, 1.807) is 0 Å². The average Bonchev–Trinajstić information content (AvgIpc) is 2.97. The van der Waals surface area contributed by atoms with Crippen LogP contribution < -0.4 is 10.6 Å². The Morgan fingerprint density at radius 3 is 2.41 bits per heavy atom. The normalized spacial score (nSPS) is 19.8. The number of hydrogen-bond acceptors (Lipinski definition) is 3. The smallest absolute Gasteiger partial charge is 0.250 e. The highest BCUT2D eigenvalue weighted by molar-refractivity contribution is 5.81. The first-order chi connectivity index (χ1) is 7.83. The molecule has 1 aliphatic rings. The maximum atomic E-state index is 11.8. The van der Waals surface area contributed by atoms with Crippen molar-refractivity contribution in [3.8, 4) is 0 Å². The Bertz CT molecular complexity index is 257. The number of carbonyl (C=O) groups is 1. The molecule has 17 heavy (non-hydrogen) atoms. The minimum absolute atomic E-state index is 0.0966.